The zero-order valence-corrected chi connectivity index (χ0v) is 12.7. The second-order valence-electron chi connectivity index (χ2n) is 5.73. The van der Waals surface area contributed by atoms with Crippen LogP contribution in [0.5, 0.6) is 0 Å². The van der Waals surface area contributed by atoms with Gasteiger partial charge in [-0.2, -0.15) is 0 Å². The second-order valence-corrected chi connectivity index (χ2v) is 6.11. The Balaban J connectivity index is 1.86. The normalized spacial score (nSPS) is 20.1. The first kappa shape index (κ1) is 13.6. The van der Waals surface area contributed by atoms with Crippen LogP contribution in [0.1, 0.15) is 12.8 Å². The SMILES string of the molecule is CN1CCCC(Cn2c(-c3ccccc3)c[nH]c2=S)C1. The zero-order valence-electron chi connectivity index (χ0n) is 11.9. The van der Waals surface area contributed by atoms with Crippen molar-refractivity contribution in [1.82, 2.24) is 14.5 Å². The number of rotatable bonds is 3. The Hall–Kier alpha value is -1.39. The molecule has 3 nitrogen and oxygen atoms in total. The van der Waals surface area contributed by atoms with Crippen molar-refractivity contribution in [2.45, 2.75) is 19.4 Å². The molecular formula is C16H21N3S. The fourth-order valence-electron chi connectivity index (χ4n) is 3.11. The fourth-order valence-corrected chi connectivity index (χ4v) is 3.34. The third kappa shape index (κ3) is 2.86. The molecule has 1 fully saturated rings. The third-order valence-electron chi connectivity index (χ3n) is 4.10. The molecule has 106 valence electrons. The lowest BCUT2D eigenvalue weighted by atomic mass is 9.98. The van der Waals surface area contributed by atoms with Crippen LogP contribution in [0.3, 0.4) is 0 Å². The number of aromatic amines is 1. The van der Waals surface area contributed by atoms with E-state index in [9.17, 15) is 0 Å². The Bertz CT molecular complexity index is 614. The summed E-state index contributed by atoms with van der Waals surface area (Å²) in [5, 5.41) is 0. The molecule has 0 radical (unpaired) electrons. The van der Waals surface area contributed by atoms with Crippen molar-refractivity contribution in [1.29, 1.82) is 0 Å². The zero-order chi connectivity index (χ0) is 13.9. The van der Waals surface area contributed by atoms with Crippen LogP contribution in [-0.4, -0.2) is 34.6 Å². The van der Waals surface area contributed by atoms with Crippen molar-refractivity contribution in [3.8, 4) is 11.3 Å². The van der Waals surface area contributed by atoms with Crippen molar-refractivity contribution in [2.75, 3.05) is 20.1 Å². The molecule has 0 saturated carbocycles. The van der Waals surface area contributed by atoms with Crippen LogP contribution < -0.4 is 0 Å². The van der Waals surface area contributed by atoms with Crippen molar-refractivity contribution in [3.63, 3.8) is 0 Å². The average molecular weight is 287 g/mol. The average Bonchev–Trinajstić information content (AvgIpc) is 2.81. The molecule has 1 saturated heterocycles. The van der Waals surface area contributed by atoms with Gasteiger partial charge in [-0.3, -0.25) is 0 Å². The van der Waals surface area contributed by atoms with E-state index in [0.29, 0.717) is 5.92 Å². The number of hydrogen-bond acceptors (Lipinski definition) is 2. The molecule has 0 bridgehead atoms. The number of benzene rings is 1. The van der Waals surface area contributed by atoms with Gasteiger partial charge in [0, 0.05) is 19.3 Å². The van der Waals surface area contributed by atoms with Gasteiger partial charge < -0.3 is 14.5 Å². The van der Waals surface area contributed by atoms with Crippen LogP contribution >= 0.6 is 12.2 Å². The predicted molar refractivity (Wildman–Crippen MR) is 85.3 cm³/mol. The summed E-state index contributed by atoms with van der Waals surface area (Å²) in [4.78, 5) is 5.62. The Morgan fingerprint density at radius 1 is 1.30 bits per heavy atom. The molecule has 4 heteroatoms. The van der Waals surface area contributed by atoms with Crippen molar-refractivity contribution >= 4 is 12.2 Å². The number of hydrogen-bond donors (Lipinski definition) is 1. The smallest absolute Gasteiger partial charge is 0.177 e. The summed E-state index contributed by atoms with van der Waals surface area (Å²) in [5.74, 6) is 0.693. The summed E-state index contributed by atoms with van der Waals surface area (Å²) in [6, 6.07) is 10.5. The van der Waals surface area contributed by atoms with Gasteiger partial charge in [-0.25, -0.2) is 0 Å². The van der Waals surface area contributed by atoms with E-state index in [1.54, 1.807) is 0 Å². The minimum atomic E-state index is 0.693. The highest BCUT2D eigenvalue weighted by atomic mass is 32.1. The van der Waals surface area contributed by atoms with Gasteiger partial charge in [-0.05, 0) is 50.1 Å². The number of aromatic nitrogens is 2. The maximum Gasteiger partial charge on any atom is 0.177 e. The molecule has 1 aliphatic heterocycles. The van der Waals surface area contributed by atoms with Crippen molar-refractivity contribution in [2.24, 2.45) is 5.92 Å². The van der Waals surface area contributed by atoms with E-state index >= 15 is 0 Å². The number of imidazole rings is 1. The Morgan fingerprint density at radius 3 is 2.85 bits per heavy atom. The Morgan fingerprint density at radius 2 is 2.10 bits per heavy atom. The van der Waals surface area contributed by atoms with Crippen LogP contribution in [-0.2, 0) is 6.54 Å². The predicted octanol–water partition coefficient (Wildman–Crippen LogP) is 3.55. The first-order chi connectivity index (χ1) is 9.74. The lowest BCUT2D eigenvalue weighted by Gasteiger charge is -2.30. The molecular weight excluding hydrogens is 266 g/mol. The molecule has 0 amide bonds. The summed E-state index contributed by atoms with van der Waals surface area (Å²) in [6.45, 7) is 3.40. The van der Waals surface area contributed by atoms with E-state index in [4.69, 9.17) is 12.2 Å². The van der Waals surface area contributed by atoms with Gasteiger partial charge >= 0.3 is 0 Å². The Labute approximate surface area is 125 Å². The Kier molecular flexibility index (Phi) is 4.03. The molecule has 1 aromatic heterocycles. The third-order valence-corrected chi connectivity index (χ3v) is 4.44. The van der Waals surface area contributed by atoms with Crippen LogP contribution in [0.25, 0.3) is 11.3 Å². The largest absolute Gasteiger partial charge is 0.337 e. The van der Waals surface area contributed by atoms with Gasteiger partial charge in [-0.15, -0.1) is 0 Å². The van der Waals surface area contributed by atoms with Gasteiger partial charge in [0.1, 0.15) is 0 Å². The van der Waals surface area contributed by atoms with E-state index < -0.39 is 0 Å². The highest BCUT2D eigenvalue weighted by molar-refractivity contribution is 7.71. The highest BCUT2D eigenvalue weighted by Gasteiger charge is 2.19. The second kappa shape index (κ2) is 5.94. The summed E-state index contributed by atoms with van der Waals surface area (Å²) in [7, 11) is 2.21. The van der Waals surface area contributed by atoms with Gasteiger partial charge in [0.05, 0.1) is 5.69 Å². The first-order valence-corrected chi connectivity index (χ1v) is 7.67. The molecule has 3 rings (SSSR count). The number of piperidine rings is 1. The number of H-pyrrole nitrogens is 1. The standard InChI is InChI=1S/C16H21N3S/c1-18-9-5-6-13(11-18)12-19-15(10-17-16(19)20)14-7-3-2-4-8-14/h2-4,7-8,10,13H,5-6,9,11-12H2,1H3,(H,17,20). The molecule has 2 heterocycles. The van der Waals surface area contributed by atoms with Crippen LogP contribution in [0, 0.1) is 10.7 Å². The topological polar surface area (TPSA) is 24.0 Å². The lowest BCUT2D eigenvalue weighted by Crippen LogP contribution is -2.34. The number of likely N-dealkylation sites (tertiary alicyclic amines) is 1. The molecule has 1 atom stereocenters. The monoisotopic (exact) mass is 287 g/mol. The van der Waals surface area contributed by atoms with Gasteiger partial charge in [-0.1, -0.05) is 30.3 Å². The lowest BCUT2D eigenvalue weighted by molar-refractivity contribution is 0.194. The summed E-state index contributed by atoms with van der Waals surface area (Å²) in [6.07, 6.45) is 4.62. The number of nitrogens with zero attached hydrogens (tertiary/aromatic N) is 2. The minimum Gasteiger partial charge on any atom is -0.337 e. The summed E-state index contributed by atoms with van der Waals surface area (Å²) >= 11 is 5.46. The molecule has 0 aliphatic carbocycles. The van der Waals surface area contributed by atoms with Crippen LogP contribution in [0.4, 0.5) is 0 Å². The maximum absolute atomic E-state index is 5.46. The molecule has 1 aliphatic rings. The quantitative estimate of drug-likeness (QED) is 0.873. The first-order valence-electron chi connectivity index (χ1n) is 7.26. The molecule has 1 aromatic carbocycles. The molecule has 20 heavy (non-hydrogen) atoms. The fraction of sp³-hybridized carbons (Fsp3) is 0.438. The molecule has 0 spiro atoms. The summed E-state index contributed by atoms with van der Waals surface area (Å²) in [5.41, 5.74) is 2.42. The van der Waals surface area contributed by atoms with Crippen LogP contribution in [0.2, 0.25) is 0 Å². The van der Waals surface area contributed by atoms with Gasteiger partial charge in [0.25, 0.3) is 0 Å². The van der Waals surface area contributed by atoms with Gasteiger partial charge in [0.15, 0.2) is 4.77 Å². The van der Waals surface area contributed by atoms with E-state index in [2.05, 4.69) is 45.8 Å². The van der Waals surface area contributed by atoms with E-state index in [1.807, 2.05) is 12.3 Å². The van der Waals surface area contributed by atoms with E-state index in [0.717, 1.165) is 11.3 Å². The molecule has 1 unspecified atom stereocenters. The van der Waals surface area contributed by atoms with Crippen molar-refractivity contribution < 1.29 is 0 Å². The van der Waals surface area contributed by atoms with Crippen molar-refractivity contribution in [3.05, 3.63) is 41.3 Å². The maximum atomic E-state index is 5.46. The number of nitrogens with one attached hydrogen (secondary N) is 1. The molecule has 1 N–H and O–H groups in total. The minimum absolute atomic E-state index is 0.693. The summed E-state index contributed by atoms with van der Waals surface area (Å²) < 4.78 is 3.09. The van der Waals surface area contributed by atoms with Gasteiger partial charge in [0.2, 0.25) is 0 Å². The van der Waals surface area contributed by atoms with E-state index in [1.165, 1.54) is 37.2 Å². The van der Waals surface area contributed by atoms with E-state index in [-0.39, 0.29) is 0 Å². The molecule has 2 aromatic rings. The van der Waals surface area contributed by atoms with Crippen LogP contribution in [0.15, 0.2) is 36.5 Å². The highest BCUT2D eigenvalue weighted by Crippen LogP contribution is 2.23.